The Hall–Kier alpha value is -1.12. The van der Waals surface area contributed by atoms with Crippen molar-refractivity contribution in [3.63, 3.8) is 0 Å². The summed E-state index contributed by atoms with van der Waals surface area (Å²) >= 11 is 0. The molecule has 0 aliphatic rings. The lowest BCUT2D eigenvalue weighted by atomic mass is 10.6. The number of nitrogens with one attached hydrogen (secondary N) is 1. The van der Waals surface area contributed by atoms with E-state index in [1.165, 1.54) is 6.20 Å². The zero-order valence-electron chi connectivity index (χ0n) is 3.59. The van der Waals surface area contributed by atoms with Crippen molar-refractivity contribution >= 4 is 5.69 Å². The maximum absolute atomic E-state index is 9.60. The smallest absolute Gasteiger partial charge is 0.125 e. The molecule has 0 unspecified atom stereocenters. The standard InChI is InChI=1S/C4H4N2O/c7-6-4-1-2-5-3-4/h1-3,5H. The molecule has 0 aliphatic carbocycles. The molecule has 0 amide bonds. The summed E-state index contributed by atoms with van der Waals surface area (Å²) in [5.74, 6) is 0. The first-order valence-corrected chi connectivity index (χ1v) is 1.89. The van der Waals surface area contributed by atoms with Gasteiger partial charge in [-0.2, -0.15) is 0 Å². The van der Waals surface area contributed by atoms with E-state index in [1.807, 2.05) is 0 Å². The molecule has 0 spiro atoms. The van der Waals surface area contributed by atoms with Crippen LogP contribution in [0.3, 0.4) is 0 Å². The average molecular weight is 96.1 g/mol. The predicted octanol–water partition coefficient (Wildman–Crippen LogP) is 1.41. The van der Waals surface area contributed by atoms with Crippen molar-refractivity contribution in [2.75, 3.05) is 0 Å². The largest absolute Gasteiger partial charge is 0.366 e. The first kappa shape index (κ1) is 4.05. The lowest BCUT2D eigenvalue weighted by Gasteiger charge is -1.64. The average Bonchev–Trinajstić information content (AvgIpc) is 2.14. The first-order valence-electron chi connectivity index (χ1n) is 1.89. The quantitative estimate of drug-likeness (QED) is 0.528. The number of hydrogen-bond acceptors (Lipinski definition) is 2. The summed E-state index contributed by atoms with van der Waals surface area (Å²) in [6.07, 6.45) is 3.18. The van der Waals surface area contributed by atoms with Gasteiger partial charge in [0.1, 0.15) is 5.69 Å². The van der Waals surface area contributed by atoms with Crippen molar-refractivity contribution in [3.8, 4) is 0 Å². The van der Waals surface area contributed by atoms with Gasteiger partial charge in [-0.1, -0.05) is 0 Å². The third-order valence-electron chi connectivity index (χ3n) is 0.687. The fourth-order valence-electron chi connectivity index (χ4n) is 0.372. The van der Waals surface area contributed by atoms with Crippen LogP contribution in [0, 0.1) is 4.91 Å². The molecule has 0 radical (unpaired) electrons. The molecular formula is C4H4N2O. The van der Waals surface area contributed by atoms with Crippen LogP contribution in [0.5, 0.6) is 0 Å². The summed E-state index contributed by atoms with van der Waals surface area (Å²) in [5, 5.41) is 2.65. The fourth-order valence-corrected chi connectivity index (χ4v) is 0.372. The molecular weight excluding hydrogens is 92.1 g/mol. The molecule has 0 aliphatic heterocycles. The Kier molecular flexibility index (Phi) is 0.898. The van der Waals surface area contributed by atoms with Crippen LogP contribution >= 0.6 is 0 Å². The van der Waals surface area contributed by atoms with Gasteiger partial charge in [0.2, 0.25) is 0 Å². The summed E-state index contributed by atoms with van der Waals surface area (Å²) < 4.78 is 0. The molecule has 7 heavy (non-hydrogen) atoms. The zero-order valence-corrected chi connectivity index (χ0v) is 3.59. The Balaban J connectivity index is 2.96. The van der Waals surface area contributed by atoms with Gasteiger partial charge in [0.05, 0.1) is 0 Å². The summed E-state index contributed by atoms with van der Waals surface area (Å²) in [4.78, 5) is 12.3. The van der Waals surface area contributed by atoms with Gasteiger partial charge in [0, 0.05) is 12.4 Å². The van der Waals surface area contributed by atoms with Crippen molar-refractivity contribution < 1.29 is 0 Å². The molecule has 3 nitrogen and oxygen atoms in total. The molecule has 1 aromatic rings. The minimum atomic E-state index is 0.444. The number of H-pyrrole nitrogens is 1. The van der Waals surface area contributed by atoms with Crippen LogP contribution in [-0.2, 0) is 0 Å². The van der Waals surface area contributed by atoms with E-state index >= 15 is 0 Å². The van der Waals surface area contributed by atoms with Crippen molar-refractivity contribution in [1.29, 1.82) is 0 Å². The molecule has 0 fully saturated rings. The number of aromatic amines is 1. The summed E-state index contributed by atoms with van der Waals surface area (Å²) in [5.41, 5.74) is 0.444. The molecule has 3 heteroatoms. The van der Waals surface area contributed by atoms with Gasteiger partial charge in [0.15, 0.2) is 0 Å². The summed E-state index contributed by atoms with van der Waals surface area (Å²) in [6, 6.07) is 1.60. The van der Waals surface area contributed by atoms with Crippen LogP contribution in [0.25, 0.3) is 0 Å². The number of nitrogens with zero attached hydrogens (tertiary/aromatic N) is 1. The Morgan fingerprint density at radius 1 is 1.71 bits per heavy atom. The minimum Gasteiger partial charge on any atom is -0.366 e. The first-order chi connectivity index (χ1) is 3.43. The Morgan fingerprint density at radius 3 is 2.86 bits per heavy atom. The third kappa shape index (κ3) is 0.652. The second kappa shape index (κ2) is 1.55. The lowest BCUT2D eigenvalue weighted by molar-refractivity contribution is 1.40. The lowest BCUT2D eigenvalue weighted by Crippen LogP contribution is -1.43. The molecule has 1 rings (SSSR count). The van der Waals surface area contributed by atoms with Crippen LogP contribution < -0.4 is 0 Å². The molecule has 0 aromatic carbocycles. The van der Waals surface area contributed by atoms with Crippen LogP contribution in [0.15, 0.2) is 23.6 Å². The van der Waals surface area contributed by atoms with Crippen molar-refractivity contribution in [1.82, 2.24) is 4.98 Å². The van der Waals surface area contributed by atoms with Gasteiger partial charge < -0.3 is 4.98 Å². The number of nitroso groups, excluding NO2 is 1. The highest BCUT2D eigenvalue weighted by atomic mass is 16.3. The van der Waals surface area contributed by atoms with E-state index in [-0.39, 0.29) is 0 Å². The van der Waals surface area contributed by atoms with Gasteiger partial charge in [-0.05, 0) is 11.2 Å². The Labute approximate surface area is 40.3 Å². The maximum Gasteiger partial charge on any atom is 0.125 e. The van der Waals surface area contributed by atoms with E-state index in [1.54, 1.807) is 12.3 Å². The van der Waals surface area contributed by atoms with Gasteiger partial charge >= 0.3 is 0 Å². The van der Waals surface area contributed by atoms with Crippen molar-refractivity contribution in [2.45, 2.75) is 0 Å². The van der Waals surface area contributed by atoms with Crippen LogP contribution in [0.2, 0.25) is 0 Å². The highest BCUT2D eigenvalue weighted by Gasteiger charge is 1.82. The normalized spacial score (nSPS) is 8.57. The van der Waals surface area contributed by atoms with Gasteiger partial charge in [-0.15, -0.1) is 4.91 Å². The topological polar surface area (TPSA) is 45.2 Å². The van der Waals surface area contributed by atoms with E-state index in [2.05, 4.69) is 10.2 Å². The van der Waals surface area contributed by atoms with E-state index < -0.39 is 0 Å². The SMILES string of the molecule is O=Nc1cc[nH]c1. The van der Waals surface area contributed by atoms with Crippen LogP contribution in [-0.4, -0.2) is 4.98 Å². The second-order valence-electron chi connectivity index (χ2n) is 1.16. The van der Waals surface area contributed by atoms with Gasteiger partial charge in [0.25, 0.3) is 0 Å². The van der Waals surface area contributed by atoms with Gasteiger partial charge in [-0.25, -0.2) is 0 Å². The highest BCUT2D eigenvalue weighted by molar-refractivity contribution is 5.31. The fraction of sp³-hybridized carbons (Fsp3) is 0. The number of rotatable bonds is 1. The molecule has 0 saturated carbocycles. The molecule has 1 heterocycles. The zero-order chi connectivity index (χ0) is 5.11. The minimum absolute atomic E-state index is 0.444. The van der Waals surface area contributed by atoms with Gasteiger partial charge in [-0.3, -0.25) is 0 Å². The molecule has 0 atom stereocenters. The number of hydrogen-bond donors (Lipinski definition) is 1. The molecule has 36 valence electrons. The van der Waals surface area contributed by atoms with E-state index in [4.69, 9.17) is 0 Å². The molecule has 0 bridgehead atoms. The van der Waals surface area contributed by atoms with E-state index in [0.717, 1.165) is 0 Å². The van der Waals surface area contributed by atoms with Crippen LogP contribution in [0.4, 0.5) is 5.69 Å². The highest BCUT2D eigenvalue weighted by Crippen LogP contribution is 2.05. The van der Waals surface area contributed by atoms with Crippen LogP contribution in [0.1, 0.15) is 0 Å². The second-order valence-corrected chi connectivity index (χ2v) is 1.16. The third-order valence-corrected chi connectivity index (χ3v) is 0.687. The number of aromatic nitrogens is 1. The summed E-state index contributed by atoms with van der Waals surface area (Å²) in [7, 11) is 0. The summed E-state index contributed by atoms with van der Waals surface area (Å²) in [6.45, 7) is 0. The monoisotopic (exact) mass is 96.0 g/mol. The molecule has 0 saturated heterocycles. The molecule has 1 aromatic heterocycles. The predicted molar refractivity (Wildman–Crippen MR) is 26.2 cm³/mol. The van der Waals surface area contributed by atoms with E-state index in [0.29, 0.717) is 5.69 Å². The van der Waals surface area contributed by atoms with E-state index in [9.17, 15) is 4.91 Å². The molecule has 1 N–H and O–H groups in total. The maximum atomic E-state index is 9.60. The van der Waals surface area contributed by atoms with Crippen molar-refractivity contribution in [3.05, 3.63) is 23.4 Å². The Bertz CT molecular complexity index is 145. The van der Waals surface area contributed by atoms with Crippen molar-refractivity contribution in [2.24, 2.45) is 5.18 Å². The Morgan fingerprint density at radius 2 is 2.57 bits per heavy atom.